The molecule has 1 aliphatic rings. The summed E-state index contributed by atoms with van der Waals surface area (Å²) in [6, 6.07) is 0. The molecule has 0 aliphatic carbocycles. The van der Waals surface area contributed by atoms with Crippen LogP contribution < -0.4 is 5.73 Å². The predicted octanol–water partition coefficient (Wildman–Crippen LogP) is 0.635. The van der Waals surface area contributed by atoms with E-state index in [9.17, 15) is 4.21 Å². The molecule has 4 heteroatoms. The highest BCUT2D eigenvalue weighted by molar-refractivity contribution is 7.85. The number of allylic oxidation sites excluding steroid dienone is 1. The lowest BCUT2D eigenvalue weighted by molar-refractivity contribution is 0.327. The first-order valence-electron chi connectivity index (χ1n) is 4.95. The zero-order chi connectivity index (χ0) is 11.3. The maximum absolute atomic E-state index is 11.1. The summed E-state index contributed by atoms with van der Waals surface area (Å²) < 4.78 is 11.1. The summed E-state index contributed by atoms with van der Waals surface area (Å²) in [6.07, 6.45) is 3.64. The van der Waals surface area contributed by atoms with Gasteiger partial charge in [-0.2, -0.15) is 0 Å². The summed E-state index contributed by atoms with van der Waals surface area (Å²) in [7, 11) is -0.610. The number of hydrogen-bond acceptors (Lipinski definition) is 3. The third-order valence-corrected chi connectivity index (χ3v) is 3.51. The Labute approximate surface area is 93.8 Å². The minimum Gasteiger partial charge on any atom is -0.399 e. The number of hydrogen-bond donors (Lipinski definition) is 1. The van der Waals surface area contributed by atoms with Crippen LogP contribution in [-0.4, -0.2) is 40.2 Å². The van der Waals surface area contributed by atoms with Gasteiger partial charge in [0.15, 0.2) is 0 Å². The van der Waals surface area contributed by atoms with Crippen molar-refractivity contribution in [2.45, 2.75) is 0 Å². The second-order valence-electron chi connectivity index (χ2n) is 3.69. The molecule has 0 amide bonds. The first-order valence-corrected chi connectivity index (χ1v) is 6.44. The highest BCUT2D eigenvalue weighted by atomic mass is 32.2. The van der Waals surface area contributed by atoms with Gasteiger partial charge in [0.1, 0.15) is 0 Å². The van der Waals surface area contributed by atoms with Crippen molar-refractivity contribution in [1.82, 2.24) is 4.90 Å². The smallest absolute Gasteiger partial charge is 0.0363 e. The van der Waals surface area contributed by atoms with Crippen molar-refractivity contribution in [3.8, 4) is 0 Å². The van der Waals surface area contributed by atoms with E-state index in [2.05, 4.69) is 18.1 Å². The van der Waals surface area contributed by atoms with Crippen LogP contribution in [0.15, 0.2) is 36.6 Å². The normalized spacial score (nSPS) is 19.5. The Hall–Kier alpha value is -0.870. The van der Waals surface area contributed by atoms with E-state index in [1.165, 1.54) is 0 Å². The topological polar surface area (TPSA) is 46.3 Å². The molecule has 84 valence electrons. The number of rotatable bonds is 4. The van der Waals surface area contributed by atoms with Crippen LogP contribution in [0, 0.1) is 0 Å². The van der Waals surface area contributed by atoms with Crippen molar-refractivity contribution in [2.75, 3.05) is 31.1 Å². The number of nitrogens with zero attached hydrogens (tertiary/aromatic N) is 1. The van der Waals surface area contributed by atoms with Crippen LogP contribution in [0.5, 0.6) is 0 Å². The molecular formula is C11H18N2OS. The molecule has 1 aliphatic heterocycles. The molecule has 3 nitrogen and oxygen atoms in total. The Bertz CT molecular complexity index is 300. The van der Waals surface area contributed by atoms with Gasteiger partial charge in [-0.1, -0.05) is 19.2 Å². The van der Waals surface area contributed by atoms with Gasteiger partial charge in [0.2, 0.25) is 0 Å². The summed E-state index contributed by atoms with van der Waals surface area (Å²) in [5, 5.41) is 0. The molecule has 0 aromatic heterocycles. The van der Waals surface area contributed by atoms with Crippen molar-refractivity contribution in [3.63, 3.8) is 0 Å². The Balaban J connectivity index is 2.32. The molecule has 1 heterocycles. The lowest BCUT2D eigenvalue weighted by atomic mass is 10.2. The third kappa shape index (κ3) is 4.95. The molecule has 0 atom stereocenters. The molecule has 0 aromatic rings. The zero-order valence-electron chi connectivity index (χ0n) is 8.95. The van der Waals surface area contributed by atoms with Crippen molar-refractivity contribution < 1.29 is 4.21 Å². The first-order chi connectivity index (χ1) is 7.08. The van der Waals surface area contributed by atoms with Crippen LogP contribution in [0.2, 0.25) is 0 Å². The van der Waals surface area contributed by atoms with Gasteiger partial charge in [0, 0.05) is 47.6 Å². The second-order valence-corrected chi connectivity index (χ2v) is 5.39. The second kappa shape index (κ2) is 5.88. The van der Waals surface area contributed by atoms with Crippen molar-refractivity contribution >= 4 is 10.8 Å². The highest BCUT2D eigenvalue weighted by Gasteiger charge is 2.14. The predicted molar refractivity (Wildman–Crippen MR) is 65.9 cm³/mol. The van der Waals surface area contributed by atoms with Crippen LogP contribution in [0.4, 0.5) is 0 Å². The molecule has 0 unspecified atom stereocenters. The third-order valence-electron chi connectivity index (χ3n) is 2.23. The Morgan fingerprint density at radius 2 is 1.93 bits per heavy atom. The first kappa shape index (κ1) is 12.2. The zero-order valence-corrected chi connectivity index (χ0v) is 9.76. The van der Waals surface area contributed by atoms with Gasteiger partial charge < -0.3 is 5.73 Å². The van der Waals surface area contributed by atoms with Crippen LogP contribution in [0.25, 0.3) is 0 Å². The van der Waals surface area contributed by atoms with Crippen LogP contribution in [-0.2, 0) is 10.8 Å². The molecule has 0 aromatic carbocycles. The maximum Gasteiger partial charge on any atom is 0.0363 e. The molecule has 1 rings (SSSR count). The van der Waals surface area contributed by atoms with Gasteiger partial charge in [-0.3, -0.25) is 9.11 Å². The minimum absolute atomic E-state index is 0.538. The highest BCUT2D eigenvalue weighted by Crippen LogP contribution is 2.04. The van der Waals surface area contributed by atoms with Crippen molar-refractivity contribution in [3.05, 3.63) is 36.6 Å². The summed E-state index contributed by atoms with van der Waals surface area (Å²) >= 11 is 0. The molecule has 0 bridgehead atoms. The lowest BCUT2D eigenvalue weighted by Gasteiger charge is -2.26. The Kier molecular flexibility index (Phi) is 4.78. The van der Waals surface area contributed by atoms with Crippen LogP contribution >= 0.6 is 0 Å². The fourth-order valence-electron chi connectivity index (χ4n) is 1.40. The summed E-state index contributed by atoms with van der Waals surface area (Å²) in [4.78, 5) is 2.26. The summed E-state index contributed by atoms with van der Waals surface area (Å²) in [6.45, 7) is 10.1. The van der Waals surface area contributed by atoms with Crippen molar-refractivity contribution in [2.24, 2.45) is 5.73 Å². The van der Waals surface area contributed by atoms with Gasteiger partial charge in [0.25, 0.3) is 0 Å². The summed E-state index contributed by atoms with van der Waals surface area (Å²) in [5.74, 6) is 1.56. The summed E-state index contributed by atoms with van der Waals surface area (Å²) in [5.41, 5.74) is 6.96. The monoisotopic (exact) mass is 226 g/mol. The van der Waals surface area contributed by atoms with Crippen molar-refractivity contribution in [1.29, 1.82) is 0 Å². The lowest BCUT2D eigenvalue weighted by Crippen LogP contribution is -2.38. The van der Waals surface area contributed by atoms with Crippen LogP contribution in [0.3, 0.4) is 0 Å². The van der Waals surface area contributed by atoms with Gasteiger partial charge in [-0.05, 0) is 11.6 Å². The van der Waals surface area contributed by atoms with Gasteiger partial charge >= 0.3 is 0 Å². The Morgan fingerprint density at radius 1 is 1.33 bits per heavy atom. The van der Waals surface area contributed by atoms with E-state index in [0.717, 1.165) is 36.7 Å². The molecule has 0 radical (unpaired) electrons. The average molecular weight is 226 g/mol. The average Bonchev–Trinajstić information content (AvgIpc) is 2.19. The van der Waals surface area contributed by atoms with Gasteiger partial charge in [-0.25, -0.2) is 0 Å². The molecule has 0 spiro atoms. The fourth-order valence-corrected chi connectivity index (χ4v) is 2.53. The maximum atomic E-state index is 11.1. The fraction of sp³-hybridized carbons (Fsp3) is 0.455. The molecule has 0 saturated carbocycles. The Morgan fingerprint density at radius 3 is 2.47 bits per heavy atom. The van der Waals surface area contributed by atoms with Gasteiger partial charge in [-0.15, -0.1) is 0 Å². The molecule has 1 saturated heterocycles. The standard InChI is InChI=1S/C11H18N2OS/c1-10(3-4-11(2)12)9-13-5-7-15(14)8-6-13/h3-4H,1-2,5-9,12H2/b4-3-. The molecule has 2 N–H and O–H groups in total. The quantitative estimate of drug-likeness (QED) is 0.715. The molecular weight excluding hydrogens is 208 g/mol. The van der Waals surface area contributed by atoms with E-state index in [0.29, 0.717) is 5.70 Å². The van der Waals surface area contributed by atoms with E-state index in [-0.39, 0.29) is 0 Å². The number of nitrogens with two attached hydrogens (primary N) is 1. The van der Waals surface area contributed by atoms with Gasteiger partial charge in [0.05, 0.1) is 0 Å². The molecule has 15 heavy (non-hydrogen) atoms. The van der Waals surface area contributed by atoms with E-state index < -0.39 is 10.8 Å². The largest absolute Gasteiger partial charge is 0.399 e. The SMILES string of the molecule is C=C(N)/C=C\C(=C)CN1CCS(=O)CC1. The van der Waals surface area contributed by atoms with E-state index in [1.54, 1.807) is 6.08 Å². The van der Waals surface area contributed by atoms with E-state index >= 15 is 0 Å². The van der Waals surface area contributed by atoms with E-state index in [1.807, 2.05) is 6.08 Å². The minimum atomic E-state index is -0.610. The van der Waals surface area contributed by atoms with Crippen LogP contribution in [0.1, 0.15) is 0 Å². The molecule has 1 fully saturated rings. The van der Waals surface area contributed by atoms with E-state index in [4.69, 9.17) is 5.73 Å².